The number of para-hydroxylation sites is 1. The van der Waals surface area contributed by atoms with Gasteiger partial charge in [0.1, 0.15) is 16.5 Å². The Morgan fingerprint density at radius 1 is 1.12 bits per heavy atom. The van der Waals surface area contributed by atoms with Crippen LogP contribution in [0.3, 0.4) is 0 Å². The highest BCUT2D eigenvalue weighted by Crippen LogP contribution is 2.16. The van der Waals surface area contributed by atoms with E-state index in [2.05, 4.69) is 5.32 Å². The first-order valence-corrected chi connectivity index (χ1v) is 11.8. The maximum absolute atomic E-state index is 13.3. The van der Waals surface area contributed by atoms with E-state index >= 15 is 0 Å². The van der Waals surface area contributed by atoms with Gasteiger partial charge in [-0.2, -0.15) is 5.26 Å². The van der Waals surface area contributed by atoms with Crippen LogP contribution in [0.25, 0.3) is 17.3 Å². The van der Waals surface area contributed by atoms with E-state index in [0.29, 0.717) is 28.3 Å². The summed E-state index contributed by atoms with van der Waals surface area (Å²) in [7, 11) is 0. The Kier molecular flexibility index (Phi) is 6.83. The number of nitrogens with one attached hydrogen (secondary N) is 1. The number of nitrogens with zero attached hydrogens (tertiary/aromatic N) is 2. The van der Waals surface area contributed by atoms with E-state index in [1.807, 2.05) is 36.6 Å². The molecule has 1 N–H and O–H groups in total. The number of amides is 1. The van der Waals surface area contributed by atoms with Crippen LogP contribution in [0.1, 0.15) is 11.8 Å². The minimum absolute atomic E-state index is 0.138. The summed E-state index contributed by atoms with van der Waals surface area (Å²) in [6.45, 7) is 2.43. The molecule has 0 atom stereocenters. The zero-order valence-electron chi connectivity index (χ0n) is 17.6. The van der Waals surface area contributed by atoms with Gasteiger partial charge in [-0.25, -0.2) is 0 Å². The number of aromatic nitrogens is 1. The quantitative estimate of drug-likeness (QED) is 0.465. The third-order valence-electron chi connectivity index (χ3n) is 4.63. The van der Waals surface area contributed by atoms with E-state index < -0.39 is 5.91 Å². The van der Waals surface area contributed by atoms with Crippen LogP contribution in [0.5, 0.6) is 5.75 Å². The number of benzene rings is 2. The van der Waals surface area contributed by atoms with Crippen LogP contribution in [0.4, 0.5) is 5.69 Å². The topological polar surface area (TPSA) is 84.1 Å². The molecule has 0 bridgehead atoms. The number of nitriles is 1. The molecular formula is C25H19N3O3S2. The number of rotatable bonds is 6. The number of hydrogen-bond donors (Lipinski definition) is 1. The first-order valence-electron chi connectivity index (χ1n) is 10.1. The fourth-order valence-corrected chi connectivity index (χ4v) is 4.98. The van der Waals surface area contributed by atoms with E-state index in [0.717, 1.165) is 16.2 Å². The van der Waals surface area contributed by atoms with Crippen molar-refractivity contribution in [2.75, 3.05) is 11.9 Å². The van der Waals surface area contributed by atoms with Gasteiger partial charge in [0.2, 0.25) is 0 Å². The minimum atomic E-state index is -0.588. The van der Waals surface area contributed by atoms with Crippen molar-refractivity contribution >= 4 is 45.9 Å². The molecule has 2 heterocycles. The van der Waals surface area contributed by atoms with Crippen LogP contribution in [0.2, 0.25) is 0 Å². The Balaban J connectivity index is 1.85. The Morgan fingerprint density at radius 2 is 1.88 bits per heavy atom. The molecule has 0 aliphatic heterocycles. The summed E-state index contributed by atoms with van der Waals surface area (Å²) in [5.41, 5.74) is 0.685. The fourth-order valence-electron chi connectivity index (χ4n) is 3.15. The van der Waals surface area contributed by atoms with Crippen molar-refractivity contribution in [1.29, 1.82) is 5.26 Å². The van der Waals surface area contributed by atoms with E-state index in [1.54, 1.807) is 54.6 Å². The lowest BCUT2D eigenvalue weighted by Gasteiger charge is -2.07. The molecule has 0 spiro atoms. The van der Waals surface area contributed by atoms with Gasteiger partial charge in [0.05, 0.1) is 16.8 Å². The van der Waals surface area contributed by atoms with Gasteiger partial charge in [0.25, 0.3) is 11.5 Å². The molecule has 4 rings (SSSR count). The average Bonchev–Trinajstić information content (AvgIpc) is 3.45. The third kappa shape index (κ3) is 4.95. The molecule has 2 aromatic heterocycles. The molecule has 4 aromatic rings. The third-order valence-corrected chi connectivity index (χ3v) is 6.54. The monoisotopic (exact) mass is 473 g/mol. The van der Waals surface area contributed by atoms with Gasteiger partial charge in [0, 0.05) is 10.6 Å². The summed E-state index contributed by atoms with van der Waals surface area (Å²) >= 11 is 2.63. The molecule has 0 radical (unpaired) electrons. The lowest BCUT2D eigenvalue weighted by atomic mass is 10.2. The van der Waals surface area contributed by atoms with Crippen LogP contribution in [0.15, 0.2) is 76.9 Å². The van der Waals surface area contributed by atoms with Crippen molar-refractivity contribution in [3.63, 3.8) is 0 Å². The molecule has 6 nitrogen and oxygen atoms in total. The highest BCUT2D eigenvalue weighted by atomic mass is 32.1. The second kappa shape index (κ2) is 10.1. The number of thiazole rings is 1. The van der Waals surface area contributed by atoms with Gasteiger partial charge < -0.3 is 10.1 Å². The lowest BCUT2D eigenvalue weighted by Crippen LogP contribution is -2.32. The van der Waals surface area contributed by atoms with Gasteiger partial charge >= 0.3 is 0 Å². The first kappa shape index (κ1) is 22.3. The summed E-state index contributed by atoms with van der Waals surface area (Å²) in [6.07, 6.45) is 1.78. The molecule has 8 heteroatoms. The van der Waals surface area contributed by atoms with Gasteiger partial charge in [-0.1, -0.05) is 24.3 Å². The van der Waals surface area contributed by atoms with Gasteiger partial charge in [-0.3, -0.25) is 14.2 Å². The standard InChI is InChI=1S/C25H19N3O3S2/c1-2-31-19-12-10-17(11-13-19)27-23(29)21(16-26)25-28(18-7-4-3-5-8-18)24(30)22(33-25)15-20-9-6-14-32-20/h3-15H,2H2,1H3,(H,27,29). The zero-order chi connectivity index (χ0) is 23.2. The molecule has 0 aliphatic rings. The molecule has 33 heavy (non-hydrogen) atoms. The van der Waals surface area contributed by atoms with Crippen molar-refractivity contribution in [1.82, 2.24) is 4.57 Å². The van der Waals surface area contributed by atoms with Crippen molar-refractivity contribution in [2.45, 2.75) is 6.92 Å². The molecule has 0 saturated heterocycles. The maximum atomic E-state index is 13.3. The molecule has 0 aliphatic carbocycles. The SMILES string of the molecule is CCOc1ccc(NC(=O)C(C#N)=c2sc(=Cc3cccs3)c(=O)n2-c2ccccc2)cc1. The predicted octanol–water partition coefficient (Wildman–Crippen LogP) is 3.50. The van der Waals surface area contributed by atoms with E-state index in [1.165, 1.54) is 15.9 Å². The number of anilines is 1. The normalized spacial score (nSPS) is 12.2. The number of thiophene rings is 1. The minimum Gasteiger partial charge on any atom is -0.494 e. The number of ether oxygens (including phenoxy) is 1. The number of carbonyl (C=O) groups is 1. The van der Waals surface area contributed by atoms with Gasteiger partial charge in [-0.15, -0.1) is 22.7 Å². The second-order valence-electron chi connectivity index (χ2n) is 6.81. The Hall–Kier alpha value is -3.93. The zero-order valence-corrected chi connectivity index (χ0v) is 19.3. The number of hydrogen-bond acceptors (Lipinski definition) is 6. The molecule has 0 unspecified atom stereocenters. The maximum Gasteiger partial charge on any atom is 0.273 e. The van der Waals surface area contributed by atoms with E-state index in [9.17, 15) is 14.9 Å². The van der Waals surface area contributed by atoms with Crippen LogP contribution < -0.4 is 24.8 Å². The second-order valence-corrected chi connectivity index (χ2v) is 8.82. The highest BCUT2D eigenvalue weighted by molar-refractivity contribution is 7.11. The van der Waals surface area contributed by atoms with Crippen LogP contribution in [-0.2, 0) is 4.79 Å². The molecule has 1 amide bonds. The Labute approximate surface area is 198 Å². The molecular weight excluding hydrogens is 454 g/mol. The first-order chi connectivity index (χ1) is 16.1. The summed E-state index contributed by atoms with van der Waals surface area (Å²) in [5, 5.41) is 14.6. The predicted molar refractivity (Wildman–Crippen MR) is 132 cm³/mol. The molecule has 164 valence electrons. The lowest BCUT2D eigenvalue weighted by molar-refractivity contribution is -0.111. The summed E-state index contributed by atoms with van der Waals surface area (Å²) in [4.78, 5) is 27.3. The number of carbonyl (C=O) groups excluding carboxylic acids is 1. The van der Waals surface area contributed by atoms with Gasteiger partial charge in [-0.05, 0) is 60.8 Å². The van der Waals surface area contributed by atoms with Crippen molar-refractivity contribution in [3.05, 3.63) is 96.5 Å². The summed E-state index contributed by atoms with van der Waals surface area (Å²) in [6, 6.07) is 21.7. The van der Waals surface area contributed by atoms with Crippen molar-refractivity contribution in [2.24, 2.45) is 0 Å². The molecule has 2 aromatic carbocycles. The average molecular weight is 474 g/mol. The van der Waals surface area contributed by atoms with Crippen molar-refractivity contribution in [3.8, 4) is 17.5 Å². The van der Waals surface area contributed by atoms with Crippen LogP contribution in [0, 0.1) is 11.3 Å². The van der Waals surface area contributed by atoms with Crippen LogP contribution in [-0.4, -0.2) is 17.1 Å². The molecule has 0 saturated carbocycles. The van der Waals surface area contributed by atoms with E-state index in [4.69, 9.17) is 4.74 Å². The highest BCUT2D eigenvalue weighted by Gasteiger charge is 2.17. The van der Waals surface area contributed by atoms with Gasteiger partial charge in [0.15, 0.2) is 5.57 Å². The Morgan fingerprint density at radius 3 is 2.52 bits per heavy atom. The van der Waals surface area contributed by atoms with Crippen LogP contribution >= 0.6 is 22.7 Å². The summed E-state index contributed by atoms with van der Waals surface area (Å²) in [5.74, 6) is 0.0974. The van der Waals surface area contributed by atoms with Crippen molar-refractivity contribution < 1.29 is 9.53 Å². The Bertz CT molecular complexity index is 1480. The smallest absolute Gasteiger partial charge is 0.273 e. The summed E-state index contributed by atoms with van der Waals surface area (Å²) < 4.78 is 7.56. The fraction of sp³-hybridized carbons (Fsp3) is 0.0800. The molecule has 0 fully saturated rings. The van der Waals surface area contributed by atoms with E-state index in [-0.39, 0.29) is 15.8 Å². The largest absolute Gasteiger partial charge is 0.494 e.